The van der Waals surface area contributed by atoms with Crippen molar-refractivity contribution in [2.45, 2.75) is 13.2 Å². The third-order valence-corrected chi connectivity index (χ3v) is 4.61. The Bertz CT molecular complexity index is 719. The fourth-order valence-electron chi connectivity index (χ4n) is 2.20. The summed E-state index contributed by atoms with van der Waals surface area (Å²) in [7, 11) is -0.794. The van der Waals surface area contributed by atoms with E-state index in [-0.39, 0.29) is 11.2 Å². The van der Waals surface area contributed by atoms with Crippen LogP contribution in [0, 0.1) is 0 Å². The van der Waals surface area contributed by atoms with Crippen molar-refractivity contribution in [1.29, 1.82) is 0 Å². The van der Waals surface area contributed by atoms with E-state index in [9.17, 15) is 9.32 Å². The smallest absolute Gasteiger partial charge is 0.246 e. The Kier molecular flexibility index (Phi) is 4.37. The number of anilines is 1. The molecule has 0 saturated carbocycles. The van der Waals surface area contributed by atoms with Crippen LogP contribution in [-0.4, -0.2) is 60.1 Å². The van der Waals surface area contributed by atoms with Crippen molar-refractivity contribution in [3.63, 3.8) is 0 Å². The maximum Gasteiger partial charge on any atom is 0.246 e. The van der Waals surface area contributed by atoms with Crippen LogP contribution >= 0.6 is 11.6 Å². The fraction of sp³-hybridized carbons (Fsp3) is 0.500. The molecule has 3 heterocycles. The van der Waals surface area contributed by atoms with Crippen molar-refractivity contribution >= 4 is 39.3 Å². The number of aliphatic hydroxyl groups is 1. The van der Waals surface area contributed by atoms with Crippen molar-refractivity contribution in [1.82, 2.24) is 19.9 Å². The standard InChI is InChI=1S/C12H14ClN5O3S/c1-7(19)21-11-9-8(14-6-15-11)10(17-12(13)16-9)18-2-4-22(20)5-3-18/h6-7,19H,2-5H2,1H3. The molecule has 8 nitrogen and oxygen atoms in total. The summed E-state index contributed by atoms with van der Waals surface area (Å²) in [5, 5.41) is 9.42. The van der Waals surface area contributed by atoms with Crippen molar-refractivity contribution in [3.8, 4) is 5.88 Å². The van der Waals surface area contributed by atoms with Gasteiger partial charge in [0.15, 0.2) is 17.6 Å². The van der Waals surface area contributed by atoms with Crippen molar-refractivity contribution in [2.75, 3.05) is 29.5 Å². The molecule has 1 aliphatic rings. The van der Waals surface area contributed by atoms with Gasteiger partial charge >= 0.3 is 0 Å². The Morgan fingerprint density at radius 1 is 1.32 bits per heavy atom. The zero-order valence-corrected chi connectivity index (χ0v) is 13.3. The molecule has 0 aromatic carbocycles. The van der Waals surface area contributed by atoms with Gasteiger partial charge in [-0.3, -0.25) is 4.21 Å². The van der Waals surface area contributed by atoms with Crippen LogP contribution in [0.3, 0.4) is 0 Å². The topological polar surface area (TPSA) is 101 Å². The van der Waals surface area contributed by atoms with Crippen molar-refractivity contribution in [2.24, 2.45) is 0 Å². The van der Waals surface area contributed by atoms with E-state index in [4.69, 9.17) is 16.3 Å². The van der Waals surface area contributed by atoms with E-state index in [1.807, 2.05) is 4.90 Å². The van der Waals surface area contributed by atoms with Gasteiger partial charge in [0, 0.05) is 35.4 Å². The zero-order chi connectivity index (χ0) is 15.7. The quantitative estimate of drug-likeness (QED) is 0.629. The van der Waals surface area contributed by atoms with Gasteiger partial charge < -0.3 is 14.7 Å². The first-order valence-electron chi connectivity index (χ1n) is 6.67. The molecule has 0 bridgehead atoms. The number of hydrogen-bond donors (Lipinski definition) is 1. The van der Waals surface area contributed by atoms with Crippen LogP contribution < -0.4 is 9.64 Å². The number of nitrogens with zero attached hydrogens (tertiary/aromatic N) is 5. The monoisotopic (exact) mass is 343 g/mol. The summed E-state index contributed by atoms with van der Waals surface area (Å²) in [4.78, 5) is 18.5. The molecule has 1 atom stereocenters. The largest absolute Gasteiger partial charge is 0.447 e. The number of halogens is 1. The Morgan fingerprint density at radius 3 is 2.73 bits per heavy atom. The van der Waals surface area contributed by atoms with E-state index in [0.29, 0.717) is 41.4 Å². The molecule has 1 fully saturated rings. The molecule has 118 valence electrons. The second kappa shape index (κ2) is 6.27. The summed E-state index contributed by atoms with van der Waals surface area (Å²) in [6.07, 6.45) is 0.288. The first-order chi connectivity index (χ1) is 10.5. The van der Waals surface area contributed by atoms with Crippen molar-refractivity contribution in [3.05, 3.63) is 11.6 Å². The molecule has 10 heteroatoms. The van der Waals surface area contributed by atoms with Crippen LogP contribution in [0.5, 0.6) is 5.88 Å². The summed E-state index contributed by atoms with van der Waals surface area (Å²) in [6, 6.07) is 0. The molecule has 3 rings (SSSR count). The minimum absolute atomic E-state index is 0.0411. The molecular weight excluding hydrogens is 330 g/mol. The van der Waals surface area contributed by atoms with E-state index < -0.39 is 17.1 Å². The van der Waals surface area contributed by atoms with Gasteiger partial charge in [0.2, 0.25) is 11.2 Å². The van der Waals surface area contributed by atoms with Gasteiger partial charge in [0.1, 0.15) is 11.8 Å². The molecule has 22 heavy (non-hydrogen) atoms. The van der Waals surface area contributed by atoms with Crippen LogP contribution in [0.2, 0.25) is 5.28 Å². The summed E-state index contributed by atoms with van der Waals surface area (Å²) < 4.78 is 16.7. The lowest BCUT2D eigenvalue weighted by Crippen LogP contribution is -2.38. The lowest BCUT2D eigenvalue weighted by molar-refractivity contribution is -0.00265. The second-order valence-corrected chi connectivity index (χ2v) is 6.78. The summed E-state index contributed by atoms with van der Waals surface area (Å²) in [5.74, 6) is 1.85. The molecule has 0 spiro atoms. The summed E-state index contributed by atoms with van der Waals surface area (Å²) in [5.41, 5.74) is 0.827. The van der Waals surface area contributed by atoms with Gasteiger partial charge in [-0.2, -0.15) is 9.97 Å². The van der Waals surface area contributed by atoms with Gasteiger partial charge in [-0.25, -0.2) is 9.97 Å². The summed E-state index contributed by atoms with van der Waals surface area (Å²) in [6.45, 7) is 2.68. The second-order valence-electron chi connectivity index (χ2n) is 4.74. The summed E-state index contributed by atoms with van der Waals surface area (Å²) >= 11 is 6.00. The van der Waals surface area contributed by atoms with Gasteiger partial charge in [-0.1, -0.05) is 0 Å². The predicted octanol–water partition coefficient (Wildman–Crippen LogP) is 0.359. The van der Waals surface area contributed by atoms with Gasteiger partial charge in [-0.05, 0) is 18.5 Å². The van der Waals surface area contributed by atoms with Crippen LogP contribution in [0.1, 0.15) is 6.92 Å². The zero-order valence-electron chi connectivity index (χ0n) is 11.8. The number of ether oxygens (including phenoxy) is 1. The van der Waals surface area contributed by atoms with Crippen molar-refractivity contribution < 1.29 is 14.1 Å². The van der Waals surface area contributed by atoms with E-state index >= 15 is 0 Å². The van der Waals surface area contributed by atoms with Gasteiger partial charge in [0.25, 0.3) is 0 Å². The maximum atomic E-state index is 11.5. The van der Waals surface area contributed by atoms with Crippen LogP contribution in [0.4, 0.5) is 5.82 Å². The number of aromatic nitrogens is 4. The molecule has 1 N–H and O–H groups in total. The first kappa shape index (κ1) is 15.3. The highest BCUT2D eigenvalue weighted by Gasteiger charge is 2.22. The fourth-order valence-corrected chi connectivity index (χ4v) is 3.42. The number of aliphatic hydroxyl groups excluding tert-OH is 1. The van der Waals surface area contributed by atoms with E-state index in [1.54, 1.807) is 0 Å². The number of fused-ring (bicyclic) bond motifs is 1. The number of rotatable bonds is 3. The Labute approximate surface area is 134 Å². The highest BCUT2D eigenvalue weighted by Crippen LogP contribution is 2.29. The highest BCUT2D eigenvalue weighted by atomic mass is 35.5. The molecule has 0 radical (unpaired) electrons. The lowest BCUT2D eigenvalue weighted by Gasteiger charge is -2.27. The molecule has 1 saturated heterocycles. The molecule has 1 aliphatic heterocycles. The molecule has 1 unspecified atom stereocenters. The Morgan fingerprint density at radius 2 is 2.05 bits per heavy atom. The van der Waals surface area contributed by atoms with E-state index in [1.165, 1.54) is 13.3 Å². The lowest BCUT2D eigenvalue weighted by atomic mass is 10.3. The minimum atomic E-state index is -1.03. The molecule has 2 aromatic heterocycles. The normalized spacial score (nSPS) is 17.7. The Hall–Kier alpha value is -1.58. The Balaban J connectivity index is 2.08. The molecule has 0 aliphatic carbocycles. The average Bonchev–Trinajstić information content (AvgIpc) is 2.47. The van der Waals surface area contributed by atoms with Crippen LogP contribution in [-0.2, 0) is 10.8 Å². The van der Waals surface area contributed by atoms with E-state index in [2.05, 4.69) is 19.9 Å². The SMILES string of the molecule is CC(O)Oc1ncnc2c(N3CCS(=O)CC3)nc(Cl)nc12. The molecule has 2 aromatic rings. The highest BCUT2D eigenvalue weighted by molar-refractivity contribution is 7.85. The maximum absolute atomic E-state index is 11.5. The van der Waals surface area contributed by atoms with E-state index in [0.717, 1.165) is 0 Å². The predicted molar refractivity (Wildman–Crippen MR) is 82.5 cm³/mol. The number of hydrogen-bond acceptors (Lipinski definition) is 8. The van der Waals surface area contributed by atoms with Crippen LogP contribution in [0.25, 0.3) is 11.0 Å². The van der Waals surface area contributed by atoms with Gasteiger partial charge in [0.05, 0.1) is 0 Å². The first-order valence-corrected chi connectivity index (χ1v) is 8.54. The van der Waals surface area contributed by atoms with Crippen LogP contribution in [0.15, 0.2) is 6.33 Å². The van der Waals surface area contributed by atoms with Gasteiger partial charge in [-0.15, -0.1) is 0 Å². The third-order valence-electron chi connectivity index (χ3n) is 3.16. The minimum Gasteiger partial charge on any atom is -0.447 e. The average molecular weight is 344 g/mol. The molecule has 0 amide bonds. The molecular formula is C12H14ClN5O3S. The third kappa shape index (κ3) is 3.11.